The minimum atomic E-state index is -2.73. The molecule has 1 saturated heterocycles. The Bertz CT molecular complexity index is 2210. The van der Waals surface area contributed by atoms with E-state index in [9.17, 15) is 62.6 Å². The molecular formula is C52H79N7O17Sn. The Balaban J connectivity index is 0.00000147. The molecule has 0 bridgehead atoms. The van der Waals surface area contributed by atoms with Crippen molar-refractivity contribution in [2.45, 2.75) is 156 Å². The van der Waals surface area contributed by atoms with E-state index in [1.807, 2.05) is 6.20 Å². The molecule has 9 N–H and O–H groups in total. The first kappa shape index (κ1) is 70.2. The molecule has 24 nitrogen and oxygen atoms in total. The van der Waals surface area contributed by atoms with Crippen molar-refractivity contribution in [2.75, 3.05) is 26.7 Å². The quantitative estimate of drug-likeness (QED) is 0.0216. The molecule has 25 heteroatoms. The molecule has 1 aliphatic heterocycles. The molecule has 77 heavy (non-hydrogen) atoms. The van der Waals surface area contributed by atoms with Gasteiger partial charge in [0.15, 0.2) is 0 Å². The first-order valence-corrected chi connectivity index (χ1v) is 33.3. The number of nitrogens with zero attached hydrogens (tertiary/aromatic N) is 2. The molecule has 0 aliphatic carbocycles. The molecule has 1 fully saturated rings. The number of carboxylic acid groups (broad SMARTS) is 4. The van der Waals surface area contributed by atoms with E-state index in [2.05, 4.69) is 58.4 Å². The summed E-state index contributed by atoms with van der Waals surface area (Å²) in [5.41, 5.74) is 0.723. The van der Waals surface area contributed by atoms with Crippen LogP contribution in [0.25, 0.3) is 0 Å². The molecule has 3 rings (SSSR count). The summed E-state index contributed by atoms with van der Waals surface area (Å²) in [6.45, 7) is 9.68. The molecule has 1 aliphatic rings. The largest absolute Gasteiger partial charge is 0.363 e. The van der Waals surface area contributed by atoms with E-state index in [4.69, 9.17) is 20.2 Å². The zero-order valence-corrected chi connectivity index (χ0v) is 48.0. The number of carbonyl (C=O) groups excluding carboxylic acids is 8. The molecule has 2 heterocycles. The zero-order valence-electron chi connectivity index (χ0n) is 45.1. The van der Waals surface area contributed by atoms with Gasteiger partial charge in [0.1, 0.15) is 6.29 Å². The molecule has 6 amide bonds. The Kier molecular flexibility index (Phi) is 36.8. The number of hydrogen-bond donors (Lipinski definition) is 9. The van der Waals surface area contributed by atoms with Gasteiger partial charge >= 0.3 is 222 Å². The summed E-state index contributed by atoms with van der Waals surface area (Å²) in [5.74, 6) is -7.75. The molecule has 2 unspecified atom stereocenters. The molecular weight excluding hydrogens is 1110 g/mol. The third kappa shape index (κ3) is 29.3. The van der Waals surface area contributed by atoms with Crippen LogP contribution in [0.3, 0.4) is 0 Å². The fourth-order valence-corrected chi connectivity index (χ4v) is 23.0. The third-order valence-corrected chi connectivity index (χ3v) is 27.2. The van der Waals surface area contributed by atoms with Gasteiger partial charge in [-0.15, -0.1) is 5.06 Å². The maximum absolute atomic E-state index is 13.0. The van der Waals surface area contributed by atoms with Crippen LogP contribution in [-0.2, 0) is 48.0 Å². The van der Waals surface area contributed by atoms with E-state index in [0.29, 0.717) is 36.3 Å². The molecule has 2 atom stereocenters. The Labute approximate surface area is 453 Å². The van der Waals surface area contributed by atoms with Crippen LogP contribution >= 0.6 is 0 Å². The molecule has 0 saturated carbocycles. The normalized spacial score (nSPS) is 12.3. The van der Waals surface area contributed by atoms with Crippen molar-refractivity contribution in [1.82, 2.24) is 36.6 Å². The molecule has 1 aromatic heterocycles. The van der Waals surface area contributed by atoms with E-state index in [0.717, 1.165) is 0 Å². The number of nitrogens with one attached hydrogen (secondary N) is 5. The Morgan fingerprint density at radius 3 is 1.73 bits per heavy atom. The summed E-state index contributed by atoms with van der Waals surface area (Å²) in [4.78, 5) is 145. The van der Waals surface area contributed by atoms with E-state index >= 15 is 0 Å². The summed E-state index contributed by atoms with van der Waals surface area (Å²) < 4.78 is 5.20. The van der Waals surface area contributed by atoms with Crippen LogP contribution in [0.5, 0.6) is 0 Å². The van der Waals surface area contributed by atoms with E-state index in [-0.39, 0.29) is 68.5 Å². The van der Waals surface area contributed by atoms with E-state index < -0.39 is 96.4 Å². The summed E-state index contributed by atoms with van der Waals surface area (Å²) in [6.07, 6.45) is 12.7. The van der Waals surface area contributed by atoms with Crippen molar-refractivity contribution in [2.24, 2.45) is 0 Å². The van der Waals surface area contributed by atoms with Gasteiger partial charge < -0.3 is 40.9 Å². The standard InChI is InChI=1S/C20H28N5O7.C14H12N2O6.3C4H9.2C3H6O2.Sn/c1-21-14(7-8-17(27)28)19(30)24-12-16(26)25-15(20(31)32)6-2-3-10-23-18(29)13-5-4-9-22-11-13;17-7-6-15-13(20)9-2-1-3-10(8-9)14(21)22-16-11(18)4-5-12(16)19;3*1-3-4-2;2*1-2-3(4)5;/h5,9,11,14-15,21H,2-3,6-8,10,12H2,1H3,(H,23,29)(H,24,30)(H,25,26)(H,27,28)(H,31,32);1-3,7-8H,4-6H2,(H,15,20);3*1,3-4H2,2H3;2*2H2,1H3,(H,4,5);. The monoisotopic (exact) mass is 1190 g/mol. The second kappa shape index (κ2) is 40.4. The number of pyridine rings is 1. The van der Waals surface area contributed by atoms with Gasteiger partial charge in [-0.3, -0.25) is 38.4 Å². The first-order chi connectivity index (χ1) is 36.6. The predicted molar refractivity (Wildman–Crippen MR) is 284 cm³/mol. The van der Waals surface area contributed by atoms with Crippen molar-refractivity contribution >= 4 is 93.5 Å². The van der Waals surface area contributed by atoms with E-state index in [1.165, 1.54) is 86.7 Å². The average molecular weight is 1190 g/mol. The minimum Gasteiger partial charge on any atom is -0.345 e. The Morgan fingerprint density at radius 2 is 1.23 bits per heavy atom. The molecule has 0 spiro atoms. The SMILES string of the molecule is CCC(=O)O.CCC(=O)O.CCC[CH2][Sn]([CH2]CCC)([CH2]CCC)[c]1cncc(C(=O)NCCCCC(NC(=O)CNC(=O)C(CCC(=O)O)NC)C(=O)O)c1.O=CCNC(=O)c1cccc(C(=O)ON2C(=O)CCC2=O)c1. The number of hydrogen-bond acceptors (Lipinski definition) is 15. The molecule has 0 radical (unpaired) electrons. The number of carboxylic acids is 4. The molecule has 1 aromatic carbocycles. The third-order valence-electron chi connectivity index (χ3n) is 11.7. The number of unbranched alkanes of at least 4 members (excludes halogenated alkanes) is 4. The van der Waals surface area contributed by atoms with Crippen molar-refractivity contribution in [3.63, 3.8) is 0 Å². The predicted octanol–water partition coefficient (Wildman–Crippen LogP) is 3.97. The smallest absolute Gasteiger partial charge is 0.345 e. The summed E-state index contributed by atoms with van der Waals surface area (Å²) in [7, 11) is 1.51. The molecule has 2 aromatic rings. The average Bonchev–Trinajstić information content (AvgIpc) is 3.73. The van der Waals surface area contributed by atoms with Crippen molar-refractivity contribution < 1.29 is 82.8 Å². The van der Waals surface area contributed by atoms with Gasteiger partial charge in [-0.05, 0) is 31.7 Å². The van der Waals surface area contributed by atoms with Crippen molar-refractivity contribution in [3.05, 3.63) is 59.4 Å². The van der Waals surface area contributed by atoms with Gasteiger partial charge in [-0.1, -0.05) is 19.9 Å². The summed E-state index contributed by atoms with van der Waals surface area (Å²) in [5, 5.41) is 47.0. The summed E-state index contributed by atoms with van der Waals surface area (Å²) >= 11 is -2.73. The Morgan fingerprint density at radius 1 is 0.688 bits per heavy atom. The van der Waals surface area contributed by atoms with Crippen LogP contribution in [0.15, 0.2) is 42.7 Å². The van der Waals surface area contributed by atoms with Crippen molar-refractivity contribution in [3.8, 4) is 0 Å². The first-order valence-electron chi connectivity index (χ1n) is 25.9. The number of amides is 6. The van der Waals surface area contributed by atoms with Crippen molar-refractivity contribution in [1.29, 1.82) is 0 Å². The second-order valence-corrected chi connectivity index (χ2v) is 30.9. The number of imide groups is 1. The topological polar surface area (TPSA) is 371 Å². The number of hydroxylamine groups is 2. The fraction of sp³-hybridized carbons (Fsp3) is 0.558. The number of rotatable bonds is 32. The van der Waals surface area contributed by atoms with Crippen LogP contribution in [0, 0.1) is 0 Å². The van der Waals surface area contributed by atoms with Gasteiger partial charge in [0, 0.05) is 37.7 Å². The number of aliphatic carboxylic acids is 4. The van der Waals surface area contributed by atoms with Crippen LogP contribution in [0.1, 0.15) is 162 Å². The second-order valence-electron chi connectivity index (χ2n) is 17.7. The summed E-state index contributed by atoms with van der Waals surface area (Å²) in [6, 6.07) is 5.67. The number of aldehydes is 1. The molecule has 428 valence electrons. The fourth-order valence-electron chi connectivity index (χ4n) is 7.27. The van der Waals surface area contributed by atoms with Gasteiger partial charge in [0.25, 0.3) is 17.7 Å². The van der Waals surface area contributed by atoms with Crippen LogP contribution in [-0.4, -0.2) is 159 Å². The van der Waals surface area contributed by atoms with Crippen LogP contribution < -0.4 is 30.2 Å². The Hall–Kier alpha value is -6.83. The van der Waals surface area contributed by atoms with Gasteiger partial charge in [-0.2, -0.15) is 0 Å². The van der Waals surface area contributed by atoms with Gasteiger partial charge in [0.05, 0.1) is 24.7 Å². The van der Waals surface area contributed by atoms with Gasteiger partial charge in [0.2, 0.25) is 5.91 Å². The number of likely N-dealkylation sites (N-methyl/N-ethyl adjacent to an activating group) is 1. The maximum atomic E-state index is 13.0. The minimum absolute atomic E-state index is 0.000252. The van der Waals surface area contributed by atoms with Crippen LogP contribution in [0.2, 0.25) is 13.3 Å². The number of benzene rings is 1. The zero-order chi connectivity index (χ0) is 58.3. The number of carbonyl (C=O) groups is 12. The maximum Gasteiger partial charge on any atom is 0.363 e. The number of aromatic nitrogens is 1. The van der Waals surface area contributed by atoms with E-state index in [1.54, 1.807) is 20.0 Å². The van der Waals surface area contributed by atoms with Crippen LogP contribution in [0.4, 0.5) is 0 Å². The van der Waals surface area contributed by atoms with Gasteiger partial charge in [-0.25, -0.2) is 4.79 Å².